The van der Waals surface area contributed by atoms with Gasteiger partial charge in [-0.25, -0.2) is 13.9 Å². The monoisotopic (exact) mass is 2060 g/mol. The molecule has 3 aliphatic rings. The number of nitrogens with zero attached hydrogens (tertiary/aromatic N) is 9. The zero-order chi connectivity index (χ0) is 101. The topological polar surface area (TPSA) is 396 Å². The van der Waals surface area contributed by atoms with Crippen LogP contribution in [0.15, 0.2) is 109 Å². The predicted molar refractivity (Wildman–Crippen MR) is 509 cm³/mol. The van der Waals surface area contributed by atoms with Gasteiger partial charge in [-0.15, -0.1) is 0 Å². The summed E-state index contributed by atoms with van der Waals surface area (Å²) >= 11 is 0. The van der Waals surface area contributed by atoms with Crippen molar-refractivity contribution in [1.82, 2.24) is 14.7 Å². The van der Waals surface area contributed by atoms with Crippen LogP contribution in [0.25, 0.3) is 0 Å². The summed E-state index contributed by atoms with van der Waals surface area (Å²) in [7, 11) is 17.6. The molecule has 0 radical (unpaired) electrons. The Morgan fingerprint density at radius 3 is 1.12 bits per heavy atom. The number of aryl methyl sites for hydroxylation is 2. The molecule has 2 bridgehead atoms. The molecule has 2 aromatic carbocycles. The van der Waals surface area contributed by atoms with Gasteiger partial charge in [0.05, 0.1) is 184 Å². The quantitative estimate of drug-likeness (QED) is 0.0142. The van der Waals surface area contributed by atoms with Crippen LogP contribution in [0.5, 0.6) is 0 Å². The number of alkyl halides is 3. The van der Waals surface area contributed by atoms with Crippen molar-refractivity contribution in [1.29, 1.82) is 0 Å². The minimum Gasteiger partial charge on any atom is -1.00 e. The van der Waals surface area contributed by atoms with Crippen LogP contribution in [0.2, 0.25) is 0 Å². The first-order valence-electron chi connectivity index (χ1n) is 45.8. The van der Waals surface area contributed by atoms with Crippen LogP contribution in [0, 0.1) is 6.92 Å². The maximum atomic E-state index is 10.6. The molecule has 34 nitrogen and oxygen atoms in total. The lowest BCUT2D eigenvalue weighted by molar-refractivity contribution is -0.941. The minimum atomic E-state index is -5.08. The van der Waals surface area contributed by atoms with Crippen molar-refractivity contribution in [3.63, 3.8) is 0 Å². The lowest BCUT2D eigenvalue weighted by atomic mass is 10.1. The van der Waals surface area contributed by atoms with Gasteiger partial charge >= 0.3 is 36.0 Å². The number of fused-ring (bicyclic) bond motifs is 3. The highest BCUT2D eigenvalue weighted by atomic mass is 35.5. The number of pyridine rings is 2. The van der Waals surface area contributed by atoms with Crippen molar-refractivity contribution < 1.29 is 196 Å². The van der Waals surface area contributed by atoms with E-state index in [2.05, 4.69) is 95.1 Å². The Balaban J connectivity index is -0.000000277. The molecule has 0 aliphatic carbocycles. The van der Waals surface area contributed by atoms with Crippen molar-refractivity contribution >= 4 is 50.1 Å². The summed E-state index contributed by atoms with van der Waals surface area (Å²) in [6.45, 7) is 36.0. The third-order valence-electron chi connectivity index (χ3n) is 21.5. The maximum Gasteiger partial charge on any atom is 0.490 e. The van der Waals surface area contributed by atoms with Gasteiger partial charge in [-0.05, 0) is 154 Å². The largest absolute Gasteiger partial charge is 1.00 e. The van der Waals surface area contributed by atoms with Gasteiger partial charge in [0.25, 0.3) is 20.2 Å². The molecule has 0 atom stereocenters. The number of methoxy groups -OCH3 is 8. The van der Waals surface area contributed by atoms with E-state index in [1.807, 2.05) is 61.3 Å². The molecule has 2 aromatic heterocycles. The third-order valence-corrected chi connectivity index (χ3v) is 22.4. The van der Waals surface area contributed by atoms with E-state index in [0.29, 0.717) is 45.8 Å². The van der Waals surface area contributed by atoms with E-state index in [4.69, 9.17) is 82.1 Å². The van der Waals surface area contributed by atoms with E-state index < -0.39 is 56.3 Å². The molecule has 42 heteroatoms. The van der Waals surface area contributed by atoms with E-state index in [1.165, 1.54) is 238 Å². The molecule has 136 heavy (non-hydrogen) atoms. The minimum absolute atomic E-state index is 0. The van der Waals surface area contributed by atoms with Crippen LogP contribution in [-0.4, -0.2) is 402 Å². The van der Waals surface area contributed by atoms with Crippen LogP contribution in [-0.2, 0) is 114 Å². The van der Waals surface area contributed by atoms with Crippen molar-refractivity contribution in [3.05, 3.63) is 126 Å². The fourth-order valence-electron chi connectivity index (χ4n) is 13.6. The zero-order valence-electron chi connectivity index (χ0n) is 84.8. The van der Waals surface area contributed by atoms with Gasteiger partial charge in [-0.3, -0.25) is 43.0 Å². The molecule has 3 aliphatic heterocycles. The molecule has 7 rings (SSSR count). The average molecular weight is 2060 g/mol. The third kappa shape index (κ3) is 90.5. The van der Waals surface area contributed by atoms with Gasteiger partial charge in [0.2, 0.25) is 0 Å². The number of unbranched alkanes of at least 4 members (excludes halogenated alkanes) is 10. The number of halogens is 6. The lowest BCUT2D eigenvalue weighted by Gasteiger charge is -2.50. The number of ether oxygens (including phenoxy) is 9. The smallest absolute Gasteiger partial charge is 0.490 e. The number of carboxylic acid groups (broad SMARTS) is 5. The number of benzene rings is 2. The summed E-state index contributed by atoms with van der Waals surface area (Å²) in [5.74, 6) is -6.87. The lowest BCUT2D eigenvalue weighted by Crippen LogP contribution is -3.00. The summed E-state index contributed by atoms with van der Waals surface area (Å²) in [4.78, 5) is 55.9. The molecule has 5 heterocycles. The Morgan fingerprint density at radius 1 is 0.441 bits per heavy atom. The van der Waals surface area contributed by atoms with Crippen molar-refractivity contribution in [2.24, 2.45) is 7.05 Å². The highest BCUT2D eigenvalue weighted by Crippen LogP contribution is 2.21. The first-order chi connectivity index (χ1) is 62.7. The number of quaternary nitrogens is 4. The van der Waals surface area contributed by atoms with Gasteiger partial charge < -0.3 is 123 Å². The van der Waals surface area contributed by atoms with Gasteiger partial charge in [0.1, 0.15) is 7.05 Å². The number of aromatic nitrogens is 2. The fourth-order valence-corrected chi connectivity index (χ4v) is 14.1. The van der Waals surface area contributed by atoms with Gasteiger partial charge in [0, 0.05) is 146 Å². The van der Waals surface area contributed by atoms with Crippen LogP contribution in [0.4, 0.5) is 13.2 Å². The van der Waals surface area contributed by atoms with Crippen LogP contribution < -0.4 is 46.4 Å². The summed E-state index contributed by atoms with van der Waals surface area (Å²) in [6.07, 6.45) is 23.3. The molecule has 0 spiro atoms. The average Bonchev–Trinajstić information content (AvgIpc) is 0.798. The van der Waals surface area contributed by atoms with E-state index in [0.717, 1.165) is 57.8 Å². The SMILES string of the molecule is CC[N+](CC)(CC)CCCCOC.COCCCCCN(CC(=O)O)CC(=O)O.COCCCCC[N+](C)(C)CCCCCC[N+](C)(C)CCCCCOC.COCCC[N+]12CCN(CC1)CC2.COCCOCCN(CC(=O)O)CC(=O)O.COCc1cc[n+](C)cc1.COCc1ccc(C[n+]2ccccc2)cc1.CS(=O)(=O)O.Cc1ccc(S(=O)(=O)O)cc1.O=C(O)C(F)(F)F.[Cl-].[Cl-].[Cl-]. The summed E-state index contributed by atoms with van der Waals surface area (Å²) < 4.78 is 142. The van der Waals surface area contributed by atoms with E-state index in [1.54, 1.807) is 69.0 Å². The van der Waals surface area contributed by atoms with Crippen molar-refractivity contribution in [2.75, 3.05) is 282 Å². The Morgan fingerprint density at radius 2 is 0.772 bits per heavy atom. The Kier molecular flexibility index (Phi) is 92.4. The van der Waals surface area contributed by atoms with Crippen LogP contribution >= 0.6 is 0 Å². The molecule has 0 unspecified atom stereocenters. The highest BCUT2D eigenvalue weighted by Gasteiger charge is 2.39. The fraction of sp³-hybridized carbons (Fsp3) is 0.713. The Labute approximate surface area is 831 Å². The first-order valence-corrected chi connectivity index (χ1v) is 49.1. The number of piperazine rings is 3. The van der Waals surface area contributed by atoms with Gasteiger partial charge in [-0.2, -0.15) is 30.0 Å². The number of rotatable bonds is 58. The normalized spacial score (nSPS) is 13.6. The molecule has 3 saturated heterocycles. The summed E-state index contributed by atoms with van der Waals surface area (Å²) in [6, 6.07) is 24.7. The van der Waals surface area contributed by atoms with E-state index in [-0.39, 0.29) is 81.4 Å². The number of aliphatic carboxylic acids is 5. The number of hydrogen-bond acceptors (Lipinski definition) is 21. The second kappa shape index (κ2) is 87.9. The molecule has 7 N–H and O–H groups in total. The predicted octanol–water partition coefficient (Wildman–Crippen LogP) is 1.40. The molecule has 0 saturated carbocycles. The number of hydrogen-bond donors (Lipinski definition) is 7. The zero-order valence-corrected chi connectivity index (χ0v) is 88.7. The highest BCUT2D eigenvalue weighted by molar-refractivity contribution is 7.85. The summed E-state index contributed by atoms with van der Waals surface area (Å²) in [5, 5.41) is 41.4. The molecule has 0 amide bonds. The molecular formula is C94H174Cl3F3N9O25S2+3. The Bertz CT molecular complexity index is 3610. The standard InChI is InChI=1S/C22H50N2O2.C14H16NO.C11H26NO.C10H21N2O.C10H19NO5.C9H17NO6.C8H12NO.C7H8O3S.C2HF3O2.CH4O3S.3ClH/c1-23(2,19-13-9-15-21-25-5)17-11-7-8-12-18-24(3,4)20-14-10-16-22-26-6;1-16-12-14-7-5-13(6-8-14)11-15-9-3-2-4-10-15;1-5-12(6-2,7-3)10-8-9-11-13-4;1-13-10-2-6-12-7-3-11(4-8-12)5-9-12;1-16-6-4-2-3-5-11(7-9(12)13)8-10(14)15;1-15-4-5-16-3-2-10(6-8(11)12)7-9(13)14;1-9-5-3-8(4-6-9)7-10-2;1-6-2-4-7(5-3-6)11(8,9)10;3-2(4,5)1(6)7;1-5(2,3)4;;;/h7-22H2,1-6H3;2-10H,11-12H2,1H3;5-11H2,1-4H3;2-10H2,1H3;2-8H2,1H3,(H,12,13)(H,14,15);2-7H2,1H3,(H,11,12)(H,13,14);3-6H,7H2,1-2H3;2-5H,1H3,(H,8,9,10);(H,6,7);1H3,(H,2,3,4);3*1H/q+2;3*+1;;;+1;;;;;;/p-3. The Hall–Kier alpha value is -6.07. The van der Waals surface area contributed by atoms with Crippen molar-refractivity contribution in [2.45, 2.75) is 161 Å². The van der Waals surface area contributed by atoms with Crippen molar-refractivity contribution in [3.8, 4) is 0 Å². The number of carboxylic acids is 5. The summed E-state index contributed by atoms with van der Waals surface area (Å²) in [5.41, 5.74) is 4.68. The first kappa shape index (κ1) is 143. The second-order valence-electron chi connectivity index (χ2n) is 34.0. The van der Waals surface area contributed by atoms with Crippen LogP contribution in [0.3, 0.4) is 0 Å². The van der Waals surface area contributed by atoms with Gasteiger partial charge in [-0.1, -0.05) is 48.0 Å². The maximum absolute atomic E-state index is 10.6. The second-order valence-corrected chi connectivity index (χ2v) is 36.9. The molecular weight excluding hydrogens is 1880 g/mol. The van der Waals surface area contributed by atoms with Crippen LogP contribution in [0.1, 0.15) is 146 Å². The number of carbonyl (C=O) groups is 5. The van der Waals surface area contributed by atoms with E-state index >= 15 is 0 Å². The molecule has 796 valence electrons. The molecule has 4 aromatic rings. The molecule has 3 fully saturated rings. The van der Waals surface area contributed by atoms with E-state index in [9.17, 15) is 49.2 Å². The van der Waals surface area contributed by atoms with Gasteiger partial charge in [0.15, 0.2) is 31.3 Å².